The zero-order valence-corrected chi connectivity index (χ0v) is 11.6. The van der Waals surface area contributed by atoms with Gasteiger partial charge in [0.2, 0.25) is 10.0 Å². The zero-order chi connectivity index (χ0) is 13.5. The molecule has 8 heteroatoms. The first-order chi connectivity index (χ1) is 8.32. The van der Waals surface area contributed by atoms with Gasteiger partial charge in [-0.2, -0.15) is 4.31 Å². The van der Waals surface area contributed by atoms with Gasteiger partial charge in [-0.15, -0.1) is 0 Å². The molecule has 1 heterocycles. The molecule has 1 aliphatic heterocycles. The standard InChI is InChI=1S/C10H11BrF2N2O2S/c11-7-3-9(13)10(4-8(7)12)18(16,17)15-2-1-6(14)5-15/h3-4,6H,1-2,5,14H2/t6-/m1/s1. The first kappa shape index (κ1) is 13.9. The summed E-state index contributed by atoms with van der Waals surface area (Å²) in [6.07, 6.45) is 0.514. The molecule has 0 aliphatic carbocycles. The maximum Gasteiger partial charge on any atom is 0.246 e. The second-order valence-electron chi connectivity index (χ2n) is 4.11. The fourth-order valence-corrected chi connectivity index (χ4v) is 3.70. The Morgan fingerprint density at radius 1 is 1.33 bits per heavy atom. The summed E-state index contributed by atoms with van der Waals surface area (Å²) in [5.41, 5.74) is 5.61. The third-order valence-electron chi connectivity index (χ3n) is 2.78. The third kappa shape index (κ3) is 2.42. The van der Waals surface area contributed by atoms with Gasteiger partial charge >= 0.3 is 0 Å². The quantitative estimate of drug-likeness (QED) is 0.829. The topological polar surface area (TPSA) is 63.4 Å². The second kappa shape index (κ2) is 4.84. The molecule has 1 fully saturated rings. The average Bonchev–Trinajstić information content (AvgIpc) is 2.70. The largest absolute Gasteiger partial charge is 0.326 e. The highest BCUT2D eigenvalue weighted by Gasteiger charge is 2.33. The van der Waals surface area contributed by atoms with Crippen molar-refractivity contribution in [2.24, 2.45) is 5.73 Å². The van der Waals surface area contributed by atoms with Crippen LogP contribution in [-0.4, -0.2) is 31.9 Å². The van der Waals surface area contributed by atoms with Gasteiger partial charge in [0, 0.05) is 19.1 Å². The van der Waals surface area contributed by atoms with Crippen molar-refractivity contribution in [2.45, 2.75) is 17.4 Å². The van der Waals surface area contributed by atoms with Crippen molar-refractivity contribution in [1.82, 2.24) is 4.31 Å². The summed E-state index contributed by atoms with van der Waals surface area (Å²) in [4.78, 5) is -0.655. The van der Waals surface area contributed by atoms with Crippen LogP contribution in [-0.2, 0) is 10.0 Å². The molecule has 1 atom stereocenters. The molecular formula is C10H11BrF2N2O2S. The summed E-state index contributed by atoms with van der Waals surface area (Å²) in [6.45, 7) is 0.347. The second-order valence-corrected chi connectivity index (χ2v) is 6.87. The summed E-state index contributed by atoms with van der Waals surface area (Å²) >= 11 is 2.80. The Balaban J connectivity index is 2.45. The SMILES string of the molecule is N[C@@H]1CCN(S(=O)(=O)c2cc(F)c(Br)cc2F)C1. The van der Waals surface area contributed by atoms with Crippen molar-refractivity contribution < 1.29 is 17.2 Å². The number of hydrogen-bond acceptors (Lipinski definition) is 3. The molecule has 0 unspecified atom stereocenters. The summed E-state index contributed by atoms with van der Waals surface area (Å²) < 4.78 is 52.2. The number of halogens is 3. The van der Waals surface area contributed by atoms with Crippen LogP contribution in [0.25, 0.3) is 0 Å². The van der Waals surface area contributed by atoms with Crippen LogP contribution in [0, 0.1) is 11.6 Å². The minimum Gasteiger partial charge on any atom is -0.326 e. The lowest BCUT2D eigenvalue weighted by Gasteiger charge is -2.16. The fraction of sp³-hybridized carbons (Fsp3) is 0.400. The van der Waals surface area contributed by atoms with Crippen molar-refractivity contribution in [1.29, 1.82) is 0 Å². The number of nitrogens with zero attached hydrogens (tertiary/aromatic N) is 1. The van der Waals surface area contributed by atoms with E-state index in [0.29, 0.717) is 12.5 Å². The van der Waals surface area contributed by atoms with Gasteiger partial charge < -0.3 is 5.73 Å². The normalized spacial score (nSPS) is 21.4. The van der Waals surface area contributed by atoms with Gasteiger partial charge in [-0.1, -0.05) is 0 Å². The molecule has 2 N–H and O–H groups in total. The molecule has 4 nitrogen and oxygen atoms in total. The smallest absolute Gasteiger partial charge is 0.246 e. The first-order valence-corrected chi connectivity index (χ1v) is 7.46. The van der Waals surface area contributed by atoms with Crippen LogP contribution in [0.15, 0.2) is 21.5 Å². The Hall–Kier alpha value is -0.570. The van der Waals surface area contributed by atoms with E-state index < -0.39 is 26.6 Å². The van der Waals surface area contributed by atoms with Gasteiger partial charge in [-0.3, -0.25) is 0 Å². The Morgan fingerprint density at radius 2 is 2.00 bits per heavy atom. The van der Waals surface area contributed by atoms with Crippen LogP contribution in [0.5, 0.6) is 0 Å². The minimum atomic E-state index is -4.02. The maximum atomic E-state index is 13.6. The molecule has 1 aromatic rings. The van der Waals surface area contributed by atoms with Crippen LogP contribution in [0.3, 0.4) is 0 Å². The minimum absolute atomic E-state index is 0.114. The predicted octanol–water partition coefficient (Wildman–Crippen LogP) is 1.45. The molecule has 0 saturated carbocycles. The van der Waals surface area contributed by atoms with E-state index in [1.807, 2.05) is 0 Å². The van der Waals surface area contributed by atoms with Crippen LogP contribution in [0.2, 0.25) is 0 Å². The van der Waals surface area contributed by atoms with Gasteiger partial charge in [0.05, 0.1) is 4.47 Å². The van der Waals surface area contributed by atoms with E-state index >= 15 is 0 Å². The van der Waals surface area contributed by atoms with Gasteiger partial charge in [0.1, 0.15) is 16.5 Å². The Bertz CT molecular complexity index is 579. The maximum absolute atomic E-state index is 13.6. The molecule has 0 amide bonds. The van der Waals surface area contributed by atoms with Gasteiger partial charge in [0.25, 0.3) is 0 Å². The van der Waals surface area contributed by atoms with Crippen molar-refractivity contribution in [3.8, 4) is 0 Å². The van der Waals surface area contributed by atoms with E-state index in [2.05, 4.69) is 15.9 Å². The molecule has 0 aromatic heterocycles. The van der Waals surface area contributed by atoms with Crippen molar-refractivity contribution in [3.63, 3.8) is 0 Å². The van der Waals surface area contributed by atoms with Crippen LogP contribution < -0.4 is 5.73 Å². The summed E-state index contributed by atoms with van der Waals surface area (Å²) in [7, 11) is -4.02. The number of sulfonamides is 1. The van der Waals surface area contributed by atoms with E-state index in [-0.39, 0.29) is 23.6 Å². The van der Waals surface area contributed by atoms with Crippen molar-refractivity contribution in [3.05, 3.63) is 28.2 Å². The van der Waals surface area contributed by atoms with Gasteiger partial charge in [0.15, 0.2) is 0 Å². The first-order valence-electron chi connectivity index (χ1n) is 5.22. The lowest BCUT2D eigenvalue weighted by Crippen LogP contribution is -2.32. The van der Waals surface area contributed by atoms with E-state index in [1.54, 1.807) is 0 Å². The summed E-state index contributed by atoms with van der Waals surface area (Å²) in [5.74, 6) is -1.80. The molecule has 0 bridgehead atoms. The molecule has 0 spiro atoms. The van der Waals surface area contributed by atoms with E-state index in [9.17, 15) is 17.2 Å². The summed E-state index contributed by atoms with van der Waals surface area (Å²) in [5, 5.41) is 0. The van der Waals surface area contributed by atoms with Crippen LogP contribution in [0.1, 0.15) is 6.42 Å². The van der Waals surface area contributed by atoms with Crippen LogP contribution >= 0.6 is 15.9 Å². The highest BCUT2D eigenvalue weighted by Crippen LogP contribution is 2.27. The van der Waals surface area contributed by atoms with E-state index in [1.165, 1.54) is 0 Å². The molecule has 1 saturated heterocycles. The number of nitrogens with two attached hydrogens (primary N) is 1. The molecule has 1 aromatic carbocycles. The van der Waals surface area contributed by atoms with Gasteiger partial charge in [-0.25, -0.2) is 17.2 Å². The Labute approximate surface area is 112 Å². The Kier molecular flexibility index (Phi) is 3.72. The molecule has 18 heavy (non-hydrogen) atoms. The highest BCUT2D eigenvalue weighted by molar-refractivity contribution is 9.10. The van der Waals surface area contributed by atoms with Crippen molar-refractivity contribution >= 4 is 26.0 Å². The molecule has 0 radical (unpaired) electrons. The van der Waals surface area contributed by atoms with E-state index in [4.69, 9.17) is 5.73 Å². The predicted molar refractivity (Wildman–Crippen MR) is 65.4 cm³/mol. The van der Waals surface area contributed by atoms with Crippen molar-refractivity contribution in [2.75, 3.05) is 13.1 Å². The highest BCUT2D eigenvalue weighted by atomic mass is 79.9. The van der Waals surface area contributed by atoms with E-state index in [0.717, 1.165) is 10.4 Å². The third-order valence-corrected chi connectivity index (χ3v) is 5.27. The molecular weight excluding hydrogens is 330 g/mol. The lowest BCUT2D eigenvalue weighted by molar-refractivity contribution is 0.463. The van der Waals surface area contributed by atoms with Gasteiger partial charge in [-0.05, 0) is 34.5 Å². The lowest BCUT2D eigenvalue weighted by atomic mass is 10.3. The fourth-order valence-electron chi connectivity index (χ4n) is 1.81. The zero-order valence-electron chi connectivity index (χ0n) is 9.24. The summed E-state index contributed by atoms with van der Waals surface area (Å²) in [6, 6.07) is 1.22. The average molecular weight is 341 g/mol. The Morgan fingerprint density at radius 3 is 2.56 bits per heavy atom. The molecule has 100 valence electrons. The number of benzene rings is 1. The number of hydrogen-bond donors (Lipinski definition) is 1. The molecule has 2 rings (SSSR count). The van der Waals surface area contributed by atoms with Crippen LogP contribution in [0.4, 0.5) is 8.78 Å². The molecule has 1 aliphatic rings. The monoisotopic (exact) mass is 340 g/mol. The number of rotatable bonds is 2.